The topological polar surface area (TPSA) is 20.2 Å². The minimum atomic E-state index is -0.516. The second-order valence-electron chi connectivity index (χ2n) is 4.84. The van der Waals surface area contributed by atoms with Crippen LogP contribution in [-0.2, 0) is 0 Å². The van der Waals surface area contributed by atoms with Gasteiger partial charge in [0.1, 0.15) is 0 Å². The third-order valence-corrected chi connectivity index (χ3v) is 6.56. The van der Waals surface area contributed by atoms with Crippen LogP contribution in [0.2, 0.25) is 0 Å². The van der Waals surface area contributed by atoms with Gasteiger partial charge in [-0.2, -0.15) is 0 Å². The SMILES string of the molecule is CC(C)(O)C1CCCP1c1ccccc1. The molecule has 1 aliphatic rings. The van der Waals surface area contributed by atoms with E-state index in [0.29, 0.717) is 5.66 Å². The van der Waals surface area contributed by atoms with Crippen LogP contribution in [0.1, 0.15) is 26.7 Å². The molecule has 0 saturated carbocycles. The lowest BCUT2D eigenvalue weighted by Crippen LogP contribution is -2.34. The van der Waals surface area contributed by atoms with Crippen LogP contribution in [0.15, 0.2) is 30.3 Å². The number of rotatable bonds is 2. The van der Waals surface area contributed by atoms with E-state index in [1.807, 2.05) is 13.8 Å². The highest BCUT2D eigenvalue weighted by Gasteiger charge is 2.37. The molecular formula is C13H19OP. The van der Waals surface area contributed by atoms with Gasteiger partial charge in [-0.1, -0.05) is 38.3 Å². The van der Waals surface area contributed by atoms with Crippen LogP contribution in [0.4, 0.5) is 0 Å². The van der Waals surface area contributed by atoms with Crippen molar-refractivity contribution in [3.63, 3.8) is 0 Å². The molecule has 1 aliphatic heterocycles. The van der Waals surface area contributed by atoms with Crippen LogP contribution >= 0.6 is 7.92 Å². The fourth-order valence-corrected chi connectivity index (χ4v) is 5.69. The highest BCUT2D eigenvalue weighted by molar-refractivity contribution is 7.66. The van der Waals surface area contributed by atoms with Gasteiger partial charge in [0.05, 0.1) is 5.60 Å². The van der Waals surface area contributed by atoms with Crippen LogP contribution in [0.25, 0.3) is 0 Å². The van der Waals surface area contributed by atoms with Gasteiger partial charge in [0.15, 0.2) is 0 Å². The summed E-state index contributed by atoms with van der Waals surface area (Å²) in [5.74, 6) is 0. The lowest BCUT2D eigenvalue weighted by atomic mass is 10.0. The summed E-state index contributed by atoms with van der Waals surface area (Å²) in [6, 6.07) is 10.7. The summed E-state index contributed by atoms with van der Waals surface area (Å²) in [5.41, 5.74) is -0.0344. The van der Waals surface area contributed by atoms with Crippen LogP contribution in [0.3, 0.4) is 0 Å². The first-order valence-electron chi connectivity index (χ1n) is 5.63. The maximum atomic E-state index is 10.2. The zero-order valence-corrected chi connectivity index (χ0v) is 10.4. The van der Waals surface area contributed by atoms with Gasteiger partial charge in [-0.3, -0.25) is 0 Å². The molecule has 1 N–H and O–H groups in total. The summed E-state index contributed by atoms with van der Waals surface area (Å²) in [4.78, 5) is 0. The lowest BCUT2D eigenvalue weighted by Gasteiger charge is -2.31. The molecule has 82 valence electrons. The monoisotopic (exact) mass is 222 g/mol. The Labute approximate surface area is 93.3 Å². The van der Waals surface area contributed by atoms with E-state index >= 15 is 0 Å². The van der Waals surface area contributed by atoms with E-state index in [4.69, 9.17) is 0 Å². The van der Waals surface area contributed by atoms with Crippen molar-refractivity contribution in [1.29, 1.82) is 0 Å². The molecule has 1 fully saturated rings. The number of hydrogen-bond donors (Lipinski definition) is 1. The predicted octanol–water partition coefficient (Wildman–Crippen LogP) is 2.73. The zero-order valence-electron chi connectivity index (χ0n) is 9.48. The molecule has 1 heterocycles. The van der Waals surface area contributed by atoms with Crippen molar-refractivity contribution in [2.45, 2.75) is 37.9 Å². The van der Waals surface area contributed by atoms with E-state index in [1.54, 1.807) is 0 Å². The summed E-state index contributed by atoms with van der Waals surface area (Å²) in [6.45, 7) is 3.92. The van der Waals surface area contributed by atoms with Gasteiger partial charge < -0.3 is 5.11 Å². The highest BCUT2D eigenvalue weighted by Crippen LogP contribution is 2.52. The molecular weight excluding hydrogens is 203 g/mol. The van der Waals surface area contributed by atoms with E-state index in [-0.39, 0.29) is 7.92 Å². The summed E-state index contributed by atoms with van der Waals surface area (Å²) in [6.07, 6.45) is 3.74. The molecule has 1 aromatic carbocycles. The minimum Gasteiger partial charge on any atom is -0.390 e. The van der Waals surface area contributed by atoms with Crippen molar-refractivity contribution >= 4 is 13.2 Å². The number of aliphatic hydroxyl groups is 1. The van der Waals surface area contributed by atoms with E-state index in [2.05, 4.69) is 30.3 Å². The predicted molar refractivity (Wildman–Crippen MR) is 67.2 cm³/mol. The summed E-state index contributed by atoms with van der Waals surface area (Å²) in [5, 5.41) is 11.6. The molecule has 0 aliphatic carbocycles. The third kappa shape index (κ3) is 2.41. The smallest absolute Gasteiger partial charge is 0.0661 e. The summed E-state index contributed by atoms with van der Waals surface area (Å²) < 4.78 is 0. The van der Waals surface area contributed by atoms with Gasteiger partial charge in [-0.05, 0) is 38.2 Å². The van der Waals surface area contributed by atoms with Crippen LogP contribution in [0, 0.1) is 0 Å². The molecule has 0 aromatic heterocycles. The van der Waals surface area contributed by atoms with Crippen LogP contribution in [0.5, 0.6) is 0 Å². The van der Waals surface area contributed by atoms with Crippen LogP contribution < -0.4 is 5.30 Å². The lowest BCUT2D eigenvalue weighted by molar-refractivity contribution is 0.0758. The van der Waals surface area contributed by atoms with Gasteiger partial charge in [0.25, 0.3) is 0 Å². The molecule has 1 aromatic rings. The fourth-order valence-electron chi connectivity index (χ4n) is 2.43. The Balaban J connectivity index is 2.23. The number of hydrogen-bond acceptors (Lipinski definition) is 1. The van der Waals surface area contributed by atoms with Gasteiger partial charge in [-0.25, -0.2) is 0 Å². The molecule has 2 atom stereocenters. The first-order chi connectivity index (χ1) is 7.09. The molecule has 2 rings (SSSR count). The van der Waals surface area contributed by atoms with E-state index in [1.165, 1.54) is 24.3 Å². The Kier molecular flexibility index (Phi) is 3.13. The van der Waals surface area contributed by atoms with Crippen molar-refractivity contribution in [3.05, 3.63) is 30.3 Å². The molecule has 0 bridgehead atoms. The summed E-state index contributed by atoms with van der Waals surface area (Å²) in [7, 11) is -0.142. The van der Waals surface area contributed by atoms with E-state index in [0.717, 1.165) is 0 Å². The van der Waals surface area contributed by atoms with Gasteiger partial charge in [0, 0.05) is 5.66 Å². The van der Waals surface area contributed by atoms with Crippen molar-refractivity contribution < 1.29 is 5.11 Å². The molecule has 0 amide bonds. The maximum absolute atomic E-state index is 10.2. The van der Waals surface area contributed by atoms with Crippen LogP contribution in [-0.4, -0.2) is 22.5 Å². The molecule has 2 heteroatoms. The largest absolute Gasteiger partial charge is 0.390 e. The number of benzene rings is 1. The molecule has 0 spiro atoms. The standard InChI is InChI=1S/C13H19OP/c1-13(2,14)12-9-6-10-15(12)11-7-4-3-5-8-11/h3-5,7-8,12,14H,6,9-10H2,1-2H3. The Hall–Kier alpha value is -0.390. The zero-order chi connectivity index (χ0) is 10.9. The normalized spacial score (nSPS) is 26.9. The fraction of sp³-hybridized carbons (Fsp3) is 0.538. The quantitative estimate of drug-likeness (QED) is 0.763. The van der Waals surface area contributed by atoms with E-state index in [9.17, 15) is 5.11 Å². The molecule has 2 unspecified atom stereocenters. The van der Waals surface area contributed by atoms with Crippen molar-refractivity contribution in [2.24, 2.45) is 0 Å². The Morgan fingerprint density at radius 2 is 1.93 bits per heavy atom. The highest BCUT2D eigenvalue weighted by atomic mass is 31.1. The van der Waals surface area contributed by atoms with Crippen molar-refractivity contribution in [3.8, 4) is 0 Å². The third-order valence-electron chi connectivity index (χ3n) is 3.16. The molecule has 0 radical (unpaired) electrons. The van der Waals surface area contributed by atoms with E-state index < -0.39 is 5.60 Å². The molecule has 15 heavy (non-hydrogen) atoms. The minimum absolute atomic E-state index is 0.142. The average molecular weight is 222 g/mol. The first-order valence-corrected chi connectivity index (χ1v) is 7.23. The molecule has 1 saturated heterocycles. The average Bonchev–Trinajstić information content (AvgIpc) is 2.67. The Morgan fingerprint density at radius 3 is 2.53 bits per heavy atom. The second-order valence-corrected chi connectivity index (χ2v) is 7.37. The van der Waals surface area contributed by atoms with Gasteiger partial charge in [0.2, 0.25) is 0 Å². The Bertz CT molecular complexity index is 315. The Morgan fingerprint density at radius 1 is 1.27 bits per heavy atom. The second kappa shape index (κ2) is 4.23. The molecule has 1 nitrogen and oxygen atoms in total. The maximum Gasteiger partial charge on any atom is 0.0661 e. The van der Waals surface area contributed by atoms with Crippen molar-refractivity contribution in [1.82, 2.24) is 0 Å². The summed E-state index contributed by atoms with van der Waals surface area (Å²) >= 11 is 0. The van der Waals surface area contributed by atoms with Gasteiger partial charge >= 0.3 is 0 Å². The van der Waals surface area contributed by atoms with Crippen molar-refractivity contribution in [2.75, 3.05) is 6.16 Å². The van der Waals surface area contributed by atoms with Gasteiger partial charge in [-0.15, -0.1) is 0 Å². The first kappa shape index (κ1) is 11.1.